The molecule has 7 heteroatoms. The lowest BCUT2D eigenvalue weighted by atomic mass is 10.1. The van der Waals surface area contributed by atoms with Gasteiger partial charge in [-0.3, -0.25) is 4.79 Å². The molecule has 0 spiro atoms. The Kier molecular flexibility index (Phi) is 5.31. The fraction of sp³-hybridized carbons (Fsp3) is 0.0909. The van der Waals surface area contributed by atoms with E-state index in [1.165, 1.54) is 4.68 Å². The maximum atomic E-state index is 13.3. The average Bonchev–Trinajstić information content (AvgIpc) is 3.42. The Labute approximate surface area is 172 Å². The summed E-state index contributed by atoms with van der Waals surface area (Å²) in [6, 6.07) is 19.3. The van der Waals surface area contributed by atoms with Crippen molar-refractivity contribution in [2.75, 3.05) is 5.32 Å². The smallest absolute Gasteiger partial charge is 0.274 e. The molecule has 1 N–H and O–H groups in total. The number of anilines is 1. The quantitative estimate of drug-likeness (QED) is 0.494. The number of nitrogens with zero attached hydrogens (tertiary/aromatic N) is 4. The minimum atomic E-state index is -0.281. The van der Waals surface area contributed by atoms with Crippen molar-refractivity contribution < 1.29 is 4.79 Å². The van der Waals surface area contributed by atoms with Gasteiger partial charge in [-0.2, -0.15) is 4.68 Å². The van der Waals surface area contributed by atoms with E-state index in [0.717, 1.165) is 27.3 Å². The number of thiophene rings is 1. The molecule has 144 valence electrons. The molecule has 0 bridgehead atoms. The van der Waals surface area contributed by atoms with Crippen molar-refractivity contribution in [2.24, 2.45) is 0 Å². The minimum Gasteiger partial charge on any atom is -0.320 e. The lowest BCUT2D eigenvalue weighted by molar-refractivity contribution is -0.111. The summed E-state index contributed by atoms with van der Waals surface area (Å²) in [6.45, 7) is 4.00. The summed E-state index contributed by atoms with van der Waals surface area (Å²) in [7, 11) is 0. The van der Waals surface area contributed by atoms with Crippen LogP contribution >= 0.6 is 11.3 Å². The zero-order chi connectivity index (χ0) is 20.2. The largest absolute Gasteiger partial charge is 0.320 e. The number of amides is 1. The van der Waals surface area contributed by atoms with Crippen molar-refractivity contribution in [3.8, 4) is 11.4 Å². The molecule has 2 heterocycles. The Bertz CT molecular complexity index is 1160. The van der Waals surface area contributed by atoms with Crippen LogP contribution in [0.1, 0.15) is 16.0 Å². The number of rotatable bonds is 5. The first-order chi connectivity index (χ1) is 14.1. The molecule has 2 aromatic carbocycles. The van der Waals surface area contributed by atoms with E-state index in [-0.39, 0.29) is 5.91 Å². The third kappa shape index (κ3) is 4.00. The highest BCUT2D eigenvalue weighted by molar-refractivity contribution is 7.10. The maximum absolute atomic E-state index is 13.3. The van der Waals surface area contributed by atoms with Crippen molar-refractivity contribution in [2.45, 2.75) is 13.8 Å². The zero-order valence-electron chi connectivity index (χ0n) is 16.0. The van der Waals surface area contributed by atoms with Crippen LogP contribution in [0, 0.1) is 13.8 Å². The Hall–Kier alpha value is -3.58. The number of aryl methyl sites for hydroxylation is 1. The number of aromatic nitrogens is 4. The molecule has 1 amide bonds. The predicted molar refractivity (Wildman–Crippen MR) is 116 cm³/mol. The molecule has 6 nitrogen and oxygen atoms in total. The number of carbonyl (C=O) groups is 1. The van der Waals surface area contributed by atoms with Gasteiger partial charge in [0, 0.05) is 16.1 Å². The lowest BCUT2D eigenvalue weighted by Crippen LogP contribution is -2.20. The fourth-order valence-corrected chi connectivity index (χ4v) is 3.57. The average molecular weight is 401 g/mol. The SMILES string of the molecule is Cc1cccc(NC(=O)C(=Cc2cccs2)n2nnnc2-c2ccccc2)c1C. The van der Waals surface area contributed by atoms with Gasteiger partial charge in [-0.25, -0.2) is 0 Å². The van der Waals surface area contributed by atoms with Gasteiger partial charge >= 0.3 is 0 Å². The topological polar surface area (TPSA) is 72.7 Å². The first-order valence-electron chi connectivity index (χ1n) is 9.10. The summed E-state index contributed by atoms with van der Waals surface area (Å²) in [5.74, 6) is 0.223. The highest BCUT2D eigenvalue weighted by Gasteiger charge is 2.20. The van der Waals surface area contributed by atoms with Crippen molar-refractivity contribution >= 4 is 34.7 Å². The molecule has 0 saturated carbocycles. The van der Waals surface area contributed by atoms with Gasteiger partial charge in [0.2, 0.25) is 0 Å². The third-order valence-corrected chi connectivity index (χ3v) is 5.46. The van der Waals surface area contributed by atoms with E-state index < -0.39 is 0 Å². The normalized spacial score (nSPS) is 11.4. The monoisotopic (exact) mass is 401 g/mol. The van der Waals surface area contributed by atoms with E-state index in [4.69, 9.17) is 0 Å². The zero-order valence-corrected chi connectivity index (χ0v) is 16.9. The molecular formula is C22H19N5OS. The van der Waals surface area contributed by atoms with Crippen LogP contribution < -0.4 is 5.32 Å². The first kappa shape index (κ1) is 18.8. The Morgan fingerprint density at radius 1 is 1.03 bits per heavy atom. The molecule has 0 atom stereocenters. The number of benzene rings is 2. The number of nitrogens with one attached hydrogen (secondary N) is 1. The van der Waals surface area contributed by atoms with E-state index in [1.807, 2.05) is 79.9 Å². The molecule has 29 heavy (non-hydrogen) atoms. The second kappa shape index (κ2) is 8.20. The van der Waals surface area contributed by atoms with Gasteiger partial charge in [-0.05, 0) is 59.0 Å². The third-order valence-electron chi connectivity index (χ3n) is 4.64. The molecule has 0 aliphatic heterocycles. The molecule has 0 radical (unpaired) electrons. The van der Waals surface area contributed by atoms with Gasteiger partial charge in [-0.15, -0.1) is 16.4 Å². The van der Waals surface area contributed by atoms with E-state index in [1.54, 1.807) is 17.4 Å². The van der Waals surface area contributed by atoms with Gasteiger partial charge in [0.05, 0.1) is 0 Å². The van der Waals surface area contributed by atoms with Crippen LogP contribution in [-0.4, -0.2) is 26.1 Å². The molecule has 0 aliphatic rings. The molecule has 2 aromatic heterocycles. The Morgan fingerprint density at radius 2 is 1.86 bits per heavy atom. The van der Waals surface area contributed by atoms with E-state index >= 15 is 0 Å². The van der Waals surface area contributed by atoms with Crippen LogP contribution in [0.3, 0.4) is 0 Å². The summed E-state index contributed by atoms with van der Waals surface area (Å²) in [5, 5.41) is 17.0. The number of carbonyl (C=O) groups excluding carboxylic acids is 1. The van der Waals surface area contributed by atoms with Gasteiger partial charge in [0.25, 0.3) is 5.91 Å². The second-order valence-electron chi connectivity index (χ2n) is 6.53. The fourth-order valence-electron chi connectivity index (χ4n) is 2.92. The lowest BCUT2D eigenvalue weighted by Gasteiger charge is -2.13. The number of tetrazole rings is 1. The van der Waals surface area contributed by atoms with Gasteiger partial charge in [0.1, 0.15) is 5.70 Å². The van der Waals surface area contributed by atoms with Crippen molar-refractivity contribution in [1.29, 1.82) is 0 Å². The molecule has 0 saturated heterocycles. The maximum Gasteiger partial charge on any atom is 0.274 e. The van der Waals surface area contributed by atoms with Crippen LogP contribution in [0.4, 0.5) is 5.69 Å². The summed E-state index contributed by atoms with van der Waals surface area (Å²) < 4.78 is 1.48. The minimum absolute atomic E-state index is 0.281. The summed E-state index contributed by atoms with van der Waals surface area (Å²) in [6.07, 6.45) is 1.80. The van der Waals surface area contributed by atoms with Crippen LogP contribution in [-0.2, 0) is 4.79 Å². The highest BCUT2D eigenvalue weighted by Crippen LogP contribution is 2.24. The van der Waals surface area contributed by atoms with Gasteiger partial charge < -0.3 is 5.32 Å². The first-order valence-corrected chi connectivity index (χ1v) is 9.98. The van der Waals surface area contributed by atoms with Crippen LogP contribution in [0.2, 0.25) is 0 Å². The van der Waals surface area contributed by atoms with Crippen molar-refractivity contribution in [1.82, 2.24) is 20.2 Å². The number of hydrogen-bond acceptors (Lipinski definition) is 5. The number of hydrogen-bond donors (Lipinski definition) is 1. The summed E-state index contributed by atoms with van der Waals surface area (Å²) >= 11 is 1.54. The summed E-state index contributed by atoms with van der Waals surface area (Å²) in [5.41, 5.74) is 4.07. The molecule has 0 fully saturated rings. The Balaban J connectivity index is 1.77. The van der Waals surface area contributed by atoms with Crippen LogP contribution in [0.5, 0.6) is 0 Å². The Morgan fingerprint density at radius 3 is 2.62 bits per heavy atom. The molecule has 4 aromatic rings. The van der Waals surface area contributed by atoms with Crippen LogP contribution in [0.15, 0.2) is 66.0 Å². The van der Waals surface area contributed by atoms with E-state index in [9.17, 15) is 4.79 Å². The standard InChI is InChI=1S/C22H19N5OS/c1-15-8-6-12-19(16(15)2)23-22(28)20(14-18-11-7-13-29-18)27-21(24-25-26-27)17-9-4-3-5-10-17/h3-14H,1-2H3,(H,23,28). The van der Waals surface area contributed by atoms with Gasteiger partial charge in [0.15, 0.2) is 5.82 Å². The van der Waals surface area contributed by atoms with E-state index in [0.29, 0.717) is 11.5 Å². The summed E-state index contributed by atoms with van der Waals surface area (Å²) in [4.78, 5) is 14.2. The molecule has 0 aliphatic carbocycles. The predicted octanol–water partition coefficient (Wildman–Crippen LogP) is 4.66. The van der Waals surface area contributed by atoms with Crippen molar-refractivity contribution in [3.05, 3.63) is 82.0 Å². The van der Waals surface area contributed by atoms with Gasteiger partial charge in [-0.1, -0.05) is 48.5 Å². The molecule has 4 rings (SSSR count). The second-order valence-corrected chi connectivity index (χ2v) is 7.51. The van der Waals surface area contributed by atoms with Crippen molar-refractivity contribution in [3.63, 3.8) is 0 Å². The van der Waals surface area contributed by atoms with E-state index in [2.05, 4.69) is 20.8 Å². The molecule has 0 unspecified atom stereocenters. The van der Waals surface area contributed by atoms with Crippen LogP contribution in [0.25, 0.3) is 23.2 Å². The molecular weight excluding hydrogens is 382 g/mol. The highest BCUT2D eigenvalue weighted by atomic mass is 32.1.